The Bertz CT molecular complexity index is 809. The lowest BCUT2D eigenvalue weighted by Gasteiger charge is -2.05. The van der Waals surface area contributed by atoms with Gasteiger partial charge in [-0.3, -0.25) is 9.59 Å². The number of hydrogen-bond acceptors (Lipinski definition) is 3. The van der Waals surface area contributed by atoms with Crippen LogP contribution in [-0.2, 0) is 0 Å². The minimum absolute atomic E-state index is 0.0807. The molecule has 0 spiro atoms. The first kappa shape index (κ1) is 17.4. The highest BCUT2D eigenvalue weighted by molar-refractivity contribution is 6.30. The van der Waals surface area contributed by atoms with Crippen molar-refractivity contribution in [2.24, 2.45) is 5.73 Å². The number of halogens is 1. The largest absolute Gasteiger partial charge is 0.480 e. The van der Waals surface area contributed by atoms with Crippen molar-refractivity contribution in [3.63, 3.8) is 0 Å². The number of nitrogens with two attached hydrogens (primary N) is 1. The van der Waals surface area contributed by atoms with Crippen molar-refractivity contribution in [2.75, 3.05) is 13.2 Å². The molecule has 122 valence electrons. The van der Waals surface area contributed by atoms with E-state index in [1.165, 1.54) is 0 Å². The summed E-state index contributed by atoms with van der Waals surface area (Å²) in [6.45, 7) is 0.253. The van der Waals surface area contributed by atoms with E-state index in [-0.39, 0.29) is 19.1 Å². The summed E-state index contributed by atoms with van der Waals surface area (Å²) in [5.74, 6) is 5.07. The van der Waals surface area contributed by atoms with Crippen molar-refractivity contribution in [3.8, 4) is 17.6 Å². The van der Waals surface area contributed by atoms with E-state index in [0.29, 0.717) is 21.9 Å². The van der Waals surface area contributed by atoms with Crippen LogP contribution in [0.4, 0.5) is 0 Å². The van der Waals surface area contributed by atoms with E-state index in [4.69, 9.17) is 22.1 Å². The average Bonchev–Trinajstić information content (AvgIpc) is 2.58. The van der Waals surface area contributed by atoms with Crippen LogP contribution in [0.1, 0.15) is 20.7 Å². The van der Waals surface area contributed by atoms with Gasteiger partial charge in [0.25, 0.3) is 11.8 Å². The number of amides is 2. The Morgan fingerprint density at radius 2 is 1.92 bits per heavy atom. The third-order valence-corrected chi connectivity index (χ3v) is 3.24. The van der Waals surface area contributed by atoms with Gasteiger partial charge in [-0.05, 0) is 30.3 Å². The van der Waals surface area contributed by atoms with Gasteiger partial charge in [-0.2, -0.15) is 0 Å². The fourth-order valence-corrected chi connectivity index (χ4v) is 2.07. The van der Waals surface area contributed by atoms with E-state index in [0.717, 1.165) is 0 Å². The number of carbonyl (C=O) groups excluding carboxylic acids is 2. The summed E-state index contributed by atoms with van der Waals surface area (Å²) < 4.78 is 5.40. The fraction of sp³-hybridized carbons (Fsp3) is 0.111. The number of rotatable bonds is 5. The molecule has 2 amide bonds. The normalized spacial score (nSPS) is 9.54. The molecule has 0 fully saturated rings. The molecule has 2 rings (SSSR count). The maximum absolute atomic E-state index is 11.9. The zero-order valence-electron chi connectivity index (χ0n) is 12.7. The van der Waals surface area contributed by atoms with Crippen molar-refractivity contribution in [2.45, 2.75) is 0 Å². The van der Waals surface area contributed by atoms with Crippen LogP contribution in [0.2, 0.25) is 5.02 Å². The molecule has 0 aromatic heterocycles. The standard InChI is InChI=1S/C18H15ClN2O3/c19-14-7-5-6-13(12-14)18(23)21-10-3-4-11-24-16-9-2-1-8-15(16)17(20)22/h1-2,5-9,12H,10-11H2,(H2,20,22)(H,21,23). The molecule has 0 unspecified atom stereocenters. The maximum Gasteiger partial charge on any atom is 0.252 e. The summed E-state index contributed by atoms with van der Waals surface area (Å²) in [6.07, 6.45) is 0. The predicted molar refractivity (Wildman–Crippen MR) is 92.0 cm³/mol. The van der Waals surface area contributed by atoms with Crippen LogP contribution in [0.15, 0.2) is 48.5 Å². The van der Waals surface area contributed by atoms with Gasteiger partial charge in [0.05, 0.1) is 12.1 Å². The summed E-state index contributed by atoms with van der Waals surface area (Å²) >= 11 is 5.83. The van der Waals surface area contributed by atoms with Crippen LogP contribution in [-0.4, -0.2) is 25.0 Å². The van der Waals surface area contributed by atoms with Crippen LogP contribution in [0.25, 0.3) is 0 Å². The molecule has 0 radical (unpaired) electrons. The highest BCUT2D eigenvalue weighted by Gasteiger charge is 2.07. The molecule has 24 heavy (non-hydrogen) atoms. The quantitative estimate of drug-likeness (QED) is 0.818. The van der Waals surface area contributed by atoms with Gasteiger partial charge >= 0.3 is 0 Å². The van der Waals surface area contributed by atoms with Gasteiger partial charge in [-0.25, -0.2) is 0 Å². The summed E-state index contributed by atoms with van der Waals surface area (Å²) in [6, 6.07) is 13.3. The summed E-state index contributed by atoms with van der Waals surface area (Å²) in [5, 5.41) is 3.15. The molecule has 0 aliphatic rings. The molecular weight excluding hydrogens is 328 g/mol. The van der Waals surface area contributed by atoms with Crippen molar-refractivity contribution in [1.82, 2.24) is 5.32 Å². The second kappa shape index (κ2) is 8.61. The van der Waals surface area contributed by atoms with E-state index >= 15 is 0 Å². The second-order valence-corrected chi connectivity index (χ2v) is 5.13. The highest BCUT2D eigenvalue weighted by atomic mass is 35.5. The molecule has 2 aromatic rings. The maximum atomic E-state index is 11.9. The first-order valence-electron chi connectivity index (χ1n) is 7.09. The minimum Gasteiger partial charge on any atom is -0.480 e. The highest BCUT2D eigenvalue weighted by Crippen LogP contribution is 2.16. The summed E-state index contributed by atoms with van der Waals surface area (Å²) in [5.41, 5.74) is 6.02. The van der Waals surface area contributed by atoms with Gasteiger partial charge in [0.1, 0.15) is 12.4 Å². The molecule has 2 aromatic carbocycles. The first-order chi connectivity index (χ1) is 11.6. The lowest BCUT2D eigenvalue weighted by atomic mass is 10.2. The van der Waals surface area contributed by atoms with E-state index in [1.807, 2.05) is 0 Å². The fourth-order valence-electron chi connectivity index (χ4n) is 1.88. The molecule has 0 saturated heterocycles. The number of nitrogens with one attached hydrogen (secondary N) is 1. The molecule has 0 saturated carbocycles. The lowest BCUT2D eigenvalue weighted by Crippen LogP contribution is -2.23. The smallest absolute Gasteiger partial charge is 0.252 e. The molecule has 0 heterocycles. The van der Waals surface area contributed by atoms with Crippen LogP contribution in [0, 0.1) is 11.8 Å². The van der Waals surface area contributed by atoms with E-state index < -0.39 is 5.91 Å². The Balaban J connectivity index is 1.81. The number of para-hydroxylation sites is 1. The number of ether oxygens (including phenoxy) is 1. The minimum atomic E-state index is -0.563. The molecule has 3 N–H and O–H groups in total. The van der Waals surface area contributed by atoms with E-state index in [1.54, 1.807) is 48.5 Å². The van der Waals surface area contributed by atoms with Crippen molar-refractivity contribution in [3.05, 3.63) is 64.7 Å². The summed E-state index contributed by atoms with van der Waals surface area (Å²) in [4.78, 5) is 23.1. The van der Waals surface area contributed by atoms with Crippen molar-refractivity contribution >= 4 is 23.4 Å². The SMILES string of the molecule is NC(=O)c1ccccc1OCC#CCNC(=O)c1cccc(Cl)c1. The molecule has 0 aliphatic carbocycles. The Hall–Kier alpha value is -2.97. The average molecular weight is 343 g/mol. The molecule has 0 bridgehead atoms. The molecule has 6 heteroatoms. The van der Waals surface area contributed by atoms with Crippen LogP contribution < -0.4 is 15.8 Å². The first-order valence-corrected chi connectivity index (χ1v) is 7.47. The Labute approximate surface area is 144 Å². The van der Waals surface area contributed by atoms with Gasteiger partial charge < -0.3 is 15.8 Å². The van der Waals surface area contributed by atoms with E-state index in [9.17, 15) is 9.59 Å². The molecular formula is C18H15ClN2O3. The Kier molecular flexibility index (Phi) is 6.23. The third kappa shape index (κ3) is 5.04. The van der Waals surface area contributed by atoms with Crippen LogP contribution in [0.3, 0.4) is 0 Å². The molecule has 0 aliphatic heterocycles. The number of benzene rings is 2. The topological polar surface area (TPSA) is 81.4 Å². The van der Waals surface area contributed by atoms with Gasteiger partial charge in [0.2, 0.25) is 0 Å². The zero-order valence-corrected chi connectivity index (χ0v) is 13.5. The lowest BCUT2D eigenvalue weighted by molar-refractivity contribution is 0.0957. The monoisotopic (exact) mass is 342 g/mol. The summed E-state index contributed by atoms with van der Waals surface area (Å²) in [7, 11) is 0. The Morgan fingerprint density at radius 1 is 1.12 bits per heavy atom. The third-order valence-electron chi connectivity index (χ3n) is 3.00. The van der Waals surface area contributed by atoms with Crippen molar-refractivity contribution in [1.29, 1.82) is 0 Å². The van der Waals surface area contributed by atoms with Crippen LogP contribution >= 0.6 is 11.6 Å². The number of carbonyl (C=O) groups is 2. The predicted octanol–water partition coefficient (Wildman–Crippen LogP) is 2.25. The molecule has 5 nitrogen and oxygen atoms in total. The van der Waals surface area contributed by atoms with Gasteiger partial charge in [0, 0.05) is 10.6 Å². The van der Waals surface area contributed by atoms with Gasteiger partial charge in [-0.1, -0.05) is 41.6 Å². The van der Waals surface area contributed by atoms with E-state index in [2.05, 4.69) is 17.2 Å². The number of hydrogen-bond donors (Lipinski definition) is 2. The molecule has 0 atom stereocenters. The Morgan fingerprint density at radius 3 is 2.67 bits per heavy atom. The van der Waals surface area contributed by atoms with Crippen LogP contribution in [0.5, 0.6) is 5.75 Å². The second-order valence-electron chi connectivity index (χ2n) is 4.70. The van der Waals surface area contributed by atoms with Gasteiger partial charge in [-0.15, -0.1) is 0 Å². The zero-order chi connectivity index (χ0) is 17.4. The number of primary amides is 1. The van der Waals surface area contributed by atoms with Crippen molar-refractivity contribution < 1.29 is 14.3 Å². The van der Waals surface area contributed by atoms with Gasteiger partial charge in [0.15, 0.2) is 0 Å².